The Balaban J connectivity index is 1.14. The SMILES string of the molecule is O=C(O)CC(NC(=O)Cn1cc(NC(=O)OCC2c3ccccc3-c3ccccc32)cn1)C1CC1. The quantitative estimate of drug-likeness (QED) is 0.435. The van der Waals surface area contributed by atoms with Crippen molar-refractivity contribution in [2.75, 3.05) is 11.9 Å². The van der Waals surface area contributed by atoms with Crippen molar-refractivity contribution in [1.29, 1.82) is 0 Å². The summed E-state index contributed by atoms with van der Waals surface area (Å²) in [6, 6.07) is 15.9. The van der Waals surface area contributed by atoms with E-state index in [4.69, 9.17) is 9.84 Å². The van der Waals surface area contributed by atoms with E-state index in [1.807, 2.05) is 24.3 Å². The summed E-state index contributed by atoms with van der Waals surface area (Å²) in [7, 11) is 0. The van der Waals surface area contributed by atoms with Crippen LogP contribution in [0.1, 0.15) is 36.3 Å². The first-order valence-electron chi connectivity index (χ1n) is 11.6. The van der Waals surface area contributed by atoms with Gasteiger partial charge in [-0.1, -0.05) is 48.5 Å². The van der Waals surface area contributed by atoms with Crippen molar-refractivity contribution < 1.29 is 24.2 Å². The van der Waals surface area contributed by atoms with Crippen molar-refractivity contribution in [2.45, 2.75) is 37.8 Å². The highest BCUT2D eigenvalue weighted by molar-refractivity contribution is 5.85. The van der Waals surface area contributed by atoms with Crippen molar-refractivity contribution in [1.82, 2.24) is 15.1 Å². The number of fused-ring (bicyclic) bond motifs is 3. The Kier molecular flexibility index (Phi) is 6.22. The summed E-state index contributed by atoms with van der Waals surface area (Å²) in [4.78, 5) is 35.8. The van der Waals surface area contributed by atoms with E-state index < -0.39 is 12.1 Å². The first-order chi connectivity index (χ1) is 17.0. The third kappa shape index (κ3) is 5.18. The van der Waals surface area contributed by atoms with Gasteiger partial charge in [0.15, 0.2) is 0 Å². The number of hydrogen-bond donors (Lipinski definition) is 3. The van der Waals surface area contributed by atoms with Gasteiger partial charge in [0.25, 0.3) is 0 Å². The largest absolute Gasteiger partial charge is 0.481 e. The van der Waals surface area contributed by atoms with E-state index in [1.54, 1.807) is 0 Å². The molecule has 0 aliphatic heterocycles. The molecule has 2 aromatic carbocycles. The average molecular weight is 475 g/mol. The molecular weight excluding hydrogens is 448 g/mol. The van der Waals surface area contributed by atoms with Crippen molar-refractivity contribution >= 4 is 23.7 Å². The maximum atomic E-state index is 12.4. The van der Waals surface area contributed by atoms with Crippen molar-refractivity contribution in [3.8, 4) is 11.1 Å². The van der Waals surface area contributed by atoms with Gasteiger partial charge in [-0.25, -0.2) is 4.79 Å². The predicted octanol–water partition coefficient (Wildman–Crippen LogP) is 3.61. The van der Waals surface area contributed by atoms with Crippen molar-refractivity contribution in [3.63, 3.8) is 0 Å². The molecule has 1 saturated carbocycles. The molecular formula is C26H26N4O5. The van der Waals surface area contributed by atoms with Gasteiger partial charge in [-0.15, -0.1) is 0 Å². The van der Waals surface area contributed by atoms with Gasteiger partial charge in [-0.2, -0.15) is 5.10 Å². The van der Waals surface area contributed by atoms with E-state index in [9.17, 15) is 14.4 Å². The molecule has 2 aliphatic rings. The molecule has 9 nitrogen and oxygen atoms in total. The van der Waals surface area contributed by atoms with Gasteiger partial charge in [-0.3, -0.25) is 19.6 Å². The van der Waals surface area contributed by atoms with Gasteiger partial charge < -0.3 is 15.2 Å². The van der Waals surface area contributed by atoms with Gasteiger partial charge >= 0.3 is 12.1 Å². The van der Waals surface area contributed by atoms with Crippen LogP contribution in [0.2, 0.25) is 0 Å². The number of anilines is 1. The third-order valence-corrected chi connectivity index (χ3v) is 6.46. The fourth-order valence-corrected chi connectivity index (χ4v) is 4.69. The lowest BCUT2D eigenvalue weighted by atomic mass is 9.98. The topological polar surface area (TPSA) is 123 Å². The minimum atomic E-state index is -0.934. The monoisotopic (exact) mass is 474 g/mol. The first kappa shape index (κ1) is 22.6. The summed E-state index contributed by atoms with van der Waals surface area (Å²) in [5.74, 6) is -1.07. The number of rotatable bonds is 9. The molecule has 1 fully saturated rings. The zero-order valence-corrected chi connectivity index (χ0v) is 19.0. The number of carboxylic acids is 1. The van der Waals surface area contributed by atoms with Crippen LogP contribution in [0.5, 0.6) is 0 Å². The molecule has 0 saturated heterocycles. The van der Waals surface area contributed by atoms with Crippen LogP contribution in [0.4, 0.5) is 10.5 Å². The van der Waals surface area contributed by atoms with Gasteiger partial charge in [0.1, 0.15) is 13.2 Å². The highest BCUT2D eigenvalue weighted by Crippen LogP contribution is 2.44. The molecule has 9 heteroatoms. The second-order valence-corrected chi connectivity index (χ2v) is 8.99. The smallest absolute Gasteiger partial charge is 0.411 e. The Bertz CT molecular complexity index is 1220. The van der Waals surface area contributed by atoms with Crippen LogP contribution in [0.3, 0.4) is 0 Å². The van der Waals surface area contributed by atoms with Crippen LogP contribution in [0.25, 0.3) is 11.1 Å². The van der Waals surface area contributed by atoms with E-state index in [0.717, 1.165) is 35.1 Å². The molecule has 1 heterocycles. The number of carbonyl (C=O) groups excluding carboxylic acids is 2. The van der Waals surface area contributed by atoms with Gasteiger partial charge in [0, 0.05) is 18.2 Å². The van der Waals surface area contributed by atoms with Crippen LogP contribution in [-0.4, -0.2) is 45.5 Å². The highest BCUT2D eigenvalue weighted by Gasteiger charge is 2.34. The number of amides is 2. The van der Waals surface area contributed by atoms with E-state index in [1.165, 1.54) is 17.1 Å². The molecule has 35 heavy (non-hydrogen) atoms. The predicted molar refractivity (Wildman–Crippen MR) is 128 cm³/mol. The molecule has 180 valence electrons. The fourth-order valence-electron chi connectivity index (χ4n) is 4.69. The molecule has 5 rings (SSSR count). The second-order valence-electron chi connectivity index (χ2n) is 8.99. The highest BCUT2D eigenvalue weighted by atomic mass is 16.5. The fraction of sp³-hybridized carbons (Fsp3) is 0.308. The molecule has 2 aliphatic carbocycles. The van der Waals surface area contributed by atoms with E-state index in [-0.39, 0.29) is 43.4 Å². The molecule has 1 unspecified atom stereocenters. The third-order valence-electron chi connectivity index (χ3n) is 6.46. The second kappa shape index (κ2) is 9.61. The standard InChI is InChI=1S/C26H26N4O5/c31-24(29-23(11-25(32)33)16-9-10-16)14-30-13-17(12-27-30)28-26(34)35-15-22-20-7-3-1-5-18(20)19-6-2-4-8-21(19)22/h1-8,12-13,16,22-23H,9-11,14-15H2,(H,28,34)(H,29,31)(H,32,33). The number of hydrogen-bond acceptors (Lipinski definition) is 5. The number of aromatic nitrogens is 2. The number of nitrogens with one attached hydrogen (secondary N) is 2. The molecule has 1 aromatic heterocycles. The zero-order valence-electron chi connectivity index (χ0n) is 19.0. The Morgan fingerprint density at radius 1 is 1.06 bits per heavy atom. The maximum absolute atomic E-state index is 12.4. The van der Waals surface area contributed by atoms with Gasteiger partial charge in [0.2, 0.25) is 5.91 Å². The lowest BCUT2D eigenvalue weighted by Crippen LogP contribution is -2.39. The Hall–Kier alpha value is -4.14. The Morgan fingerprint density at radius 3 is 2.34 bits per heavy atom. The number of carbonyl (C=O) groups is 3. The van der Waals surface area contributed by atoms with Crippen molar-refractivity contribution in [3.05, 3.63) is 72.1 Å². The number of nitrogens with zero attached hydrogens (tertiary/aromatic N) is 2. The molecule has 3 N–H and O–H groups in total. The molecule has 0 radical (unpaired) electrons. The summed E-state index contributed by atoms with van der Waals surface area (Å²) < 4.78 is 6.92. The Morgan fingerprint density at radius 2 is 1.71 bits per heavy atom. The molecule has 1 atom stereocenters. The zero-order chi connectivity index (χ0) is 24.4. The van der Waals surface area contributed by atoms with Crippen LogP contribution < -0.4 is 10.6 Å². The molecule has 0 bridgehead atoms. The number of ether oxygens (including phenoxy) is 1. The summed E-state index contributed by atoms with van der Waals surface area (Å²) in [6.45, 7) is 0.123. The van der Waals surface area contributed by atoms with Crippen molar-refractivity contribution in [2.24, 2.45) is 5.92 Å². The number of carboxylic acid groups (broad SMARTS) is 1. The summed E-state index contributed by atoms with van der Waals surface area (Å²) in [5, 5.41) is 18.6. The summed E-state index contributed by atoms with van der Waals surface area (Å²) in [5.41, 5.74) is 4.98. The van der Waals surface area contributed by atoms with Gasteiger partial charge in [0.05, 0.1) is 18.3 Å². The first-order valence-corrected chi connectivity index (χ1v) is 11.6. The molecule has 0 spiro atoms. The van der Waals surface area contributed by atoms with Crippen LogP contribution in [0.15, 0.2) is 60.9 Å². The van der Waals surface area contributed by atoms with E-state index >= 15 is 0 Å². The molecule has 2 amide bonds. The minimum Gasteiger partial charge on any atom is -0.481 e. The van der Waals surface area contributed by atoms with Crippen LogP contribution in [0, 0.1) is 5.92 Å². The van der Waals surface area contributed by atoms with Crippen LogP contribution >= 0.6 is 0 Å². The van der Waals surface area contributed by atoms with Crippen LogP contribution in [-0.2, 0) is 20.9 Å². The van der Waals surface area contributed by atoms with E-state index in [2.05, 4.69) is 40.0 Å². The average Bonchev–Trinajstić information content (AvgIpc) is 3.52. The maximum Gasteiger partial charge on any atom is 0.411 e. The normalized spacial score (nSPS) is 15.1. The summed E-state index contributed by atoms with van der Waals surface area (Å²) in [6.07, 6.45) is 4.12. The lowest BCUT2D eigenvalue weighted by Gasteiger charge is -2.16. The Labute approximate surface area is 202 Å². The van der Waals surface area contributed by atoms with Gasteiger partial charge in [-0.05, 0) is 41.0 Å². The number of benzene rings is 2. The minimum absolute atomic E-state index is 0.0372. The number of aliphatic carboxylic acids is 1. The lowest BCUT2D eigenvalue weighted by molar-refractivity contribution is -0.137. The van der Waals surface area contributed by atoms with E-state index in [0.29, 0.717) is 5.69 Å². The molecule has 3 aromatic rings. The summed E-state index contributed by atoms with van der Waals surface area (Å²) >= 11 is 0.